The van der Waals surface area contributed by atoms with Crippen LogP contribution in [0, 0.1) is 23.0 Å². The lowest BCUT2D eigenvalue weighted by Gasteiger charge is -2.32. The van der Waals surface area contributed by atoms with Crippen LogP contribution in [0.3, 0.4) is 0 Å². The van der Waals surface area contributed by atoms with Crippen molar-refractivity contribution in [2.45, 2.75) is 32.7 Å². The van der Waals surface area contributed by atoms with Crippen LogP contribution >= 0.6 is 0 Å². The number of nitriles is 1. The van der Waals surface area contributed by atoms with Crippen LogP contribution < -0.4 is 11.1 Å². The Kier molecular flexibility index (Phi) is 7.58. The van der Waals surface area contributed by atoms with E-state index in [0.717, 1.165) is 19.1 Å². The summed E-state index contributed by atoms with van der Waals surface area (Å²) in [6, 6.07) is 10.3. The first-order chi connectivity index (χ1) is 14.3. The van der Waals surface area contributed by atoms with Gasteiger partial charge in [0, 0.05) is 32.2 Å². The fraction of sp³-hybridized carbons (Fsp3) is 0.286. The summed E-state index contributed by atoms with van der Waals surface area (Å²) in [7, 11) is 0. The molecule has 0 aliphatic rings. The van der Waals surface area contributed by atoms with Gasteiger partial charge in [-0.1, -0.05) is 18.2 Å². The summed E-state index contributed by atoms with van der Waals surface area (Å²) in [5.41, 5.74) is 5.58. The third kappa shape index (κ3) is 4.79. The number of rotatable bonds is 8. The first-order valence-corrected chi connectivity index (χ1v) is 9.07. The van der Waals surface area contributed by atoms with E-state index in [9.17, 15) is 14.0 Å². The van der Waals surface area contributed by atoms with Gasteiger partial charge in [-0.25, -0.2) is 8.78 Å². The van der Waals surface area contributed by atoms with E-state index in [-0.39, 0.29) is 25.3 Å². The maximum Gasteiger partial charge on any atom is 0.326 e. The number of benzene rings is 2. The minimum atomic E-state index is -2.69. The Morgan fingerprint density at radius 3 is 2.40 bits per heavy atom. The number of nitrogens with one attached hydrogen (secondary N) is 1. The van der Waals surface area contributed by atoms with Crippen LogP contribution in [0.25, 0.3) is 0 Å². The third-order valence-corrected chi connectivity index (χ3v) is 4.19. The molecule has 7 nitrogen and oxygen atoms in total. The first kappa shape index (κ1) is 22.9. The van der Waals surface area contributed by atoms with Crippen molar-refractivity contribution in [3.63, 3.8) is 0 Å². The van der Waals surface area contributed by atoms with Crippen molar-refractivity contribution in [2.24, 2.45) is 5.73 Å². The zero-order chi connectivity index (χ0) is 22.3. The number of carbonyl (C=O) groups is 2. The Bertz CT molecular complexity index is 973. The Hall–Kier alpha value is -3.35. The lowest BCUT2D eigenvalue weighted by molar-refractivity contribution is -0.233. The van der Waals surface area contributed by atoms with Gasteiger partial charge >= 0.3 is 11.8 Å². The predicted molar refractivity (Wildman–Crippen MR) is 102 cm³/mol. The molecule has 0 aliphatic heterocycles. The first-order valence-electron chi connectivity index (χ1n) is 9.07. The molecule has 0 bridgehead atoms. The second-order valence-corrected chi connectivity index (χ2v) is 6.23. The standard InChI is InChI=1S/C21H21F2N3O4/c1-3-29-21(30-13(2)27,18-17(22)9-8-16(11-25)19(18)23)20(28)26-12-15-6-4-14(10-24)5-7-15/h4-9H,3,11-12,25H2,1-2H3,(H,26,28)/t21-/m0/s1. The van der Waals surface area contributed by atoms with Gasteiger partial charge in [0.2, 0.25) is 0 Å². The molecule has 0 aromatic heterocycles. The van der Waals surface area contributed by atoms with Crippen LogP contribution in [0.4, 0.5) is 8.78 Å². The Labute approximate surface area is 172 Å². The maximum atomic E-state index is 15.0. The molecule has 30 heavy (non-hydrogen) atoms. The van der Waals surface area contributed by atoms with Crippen molar-refractivity contribution in [3.8, 4) is 6.07 Å². The van der Waals surface area contributed by atoms with Crippen LogP contribution in [0.2, 0.25) is 0 Å². The molecule has 1 amide bonds. The zero-order valence-corrected chi connectivity index (χ0v) is 16.5. The molecule has 0 aliphatic carbocycles. The molecular formula is C21H21F2N3O4. The van der Waals surface area contributed by atoms with Crippen LogP contribution in [0.15, 0.2) is 36.4 Å². The monoisotopic (exact) mass is 417 g/mol. The molecule has 0 unspecified atom stereocenters. The van der Waals surface area contributed by atoms with Gasteiger partial charge in [-0.3, -0.25) is 9.59 Å². The fourth-order valence-electron chi connectivity index (χ4n) is 2.83. The summed E-state index contributed by atoms with van der Waals surface area (Å²) in [6.45, 7) is 1.94. The highest BCUT2D eigenvalue weighted by Gasteiger charge is 2.49. The second kappa shape index (κ2) is 9.91. The third-order valence-electron chi connectivity index (χ3n) is 4.19. The van der Waals surface area contributed by atoms with E-state index >= 15 is 4.39 Å². The Morgan fingerprint density at radius 2 is 1.87 bits per heavy atom. The molecule has 2 rings (SSSR count). The number of amides is 1. The van der Waals surface area contributed by atoms with Crippen molar-refractivity contribution in [1.29, 1.82) is 5.26 Å². The number of nitrogens with two attached hydrogens (primary N) is 1. The summed E-state index contributed by atoms with van der Waals surface area (Å²) in [4.78, 5) is 24.8. The van der Waals surface area contributed by atoms with E-state index in [2.05, 4.69) is 5.32 Å². The van der Waals surface area contributed by atoms with Crippen LogP contribution in [-0.2, 0) is 37.9 Å². The van der Waals surface area contributed by atoms with Gasteiger partial charge in [-0.05, 0) is 30.7 Å². The number of nitrogens with zero attached hydrogens (tertiary/aromatic N) is 1. The summed E-state index contributed by atoms with van der Waals surface area (Å²) in [5.74, 6) is -7.01. The predicted octanol–water partition coefficient (Wildman–Crippen LogP) is 2.36. The van der Waals surface area contributed by atoms with Crippen molar-refractivity contribution in [1.82, 2.24) is 5.32 Å². The Morgan fingerprint density at radius 1 is 1.20 bits per heavy atom. The molecule has 2 aromatic rings. The minimum absolute atomic E-state index is 0.0690. The quantitative estimate of drug-likeness (QED) is 0.503. The average Bonchev–Trinajstić information content (AvgIpc) is 2.72. The van der Waals surface area contributed by atoms with Crippen molar-refractivity contribution in [3.05, 3.63) is 70.3 Å². The van der Waals surface area contributed by atoms with E-state index in [4.69, 9.17) is 20.5 Å². The highest BCUT2D eigenvalue weighted by molar-refractivity contribution is 5.87. The van der Waals surface area contributed by atoms with Gasteiger partial charge in [0.05, 0.1) is 11.6 Å². The van der Waals surface area contributed by atoms with E-state index in [1.807, 2.05) is 6.07 Å². The zero-order valence-electron chi connectivity index (χ0n) is 16.5. The molecule has 0 saturated heterocycles. The molecule has 0 spiro atoms. The maximum absolute atomic E-state index is 15.0. The van der Waals surface area contributed by atoms with Crippen LogP contribution in [-0.4, -0.2) is 18.5 Å². The average molecular weight is 417 g/mol. The number of ether oxygens (including phenoxy) is 2. The molecule has 9 heteroatoms. The lowest BCUT2D eigenvalue weighted by Crippen LogP contribution is -2.50. The molecule has 2 aromatic carbocycles. The highest BCUT2D eigenvalue weighted by atomic mass is 19.1. The lowest BCUT2D eigenvalue weighted by atomic mass is 9.99. The van der Waals surface area contributed by atoms with E-state index in [0.29, 0.717) is 11.1 Å². The van der Waals surface area contributed by atoms with Crippen molar-refractivity contribution >= 4 is 11.9 Å². The van der Waals surface area contributed by atoms with E-state index < -0.39 is 34.9 Å². The largest absolute Gasteiger partial charge is 0.419 e. The normalized spacial score (nSPS) is 12.5. The topological polar surface area (TPSA) is 114 Å². The highest BCUT2D eigenvalue weighted by Crippen LogP contribution is 2.34. The number of hydrogen-bond donors (Lipinski definition) is 2. The fourth-order valence-corrected chi connectivity index (χ4v) is 2.83. The number of esters is 1. The molecule has 0 heterocycles. The number of hydrogen-bond acceptors (Lipinski definition) is 6. The van der Waals surface area contributed by atoms with Gasteiger partial charge in [0.25, 0.3) is 5.91 Å². The van der Waals surface area contributed by atoms with Gasteiger partial charge in [0.1, 0.15) is 17.2 Å². The van der Waals surface area contributed by atoms with E-state index in [1.165, 1.54) is 6.92 Å². The summed E-state index contributed by atoms with van der Waals surface area (Å²) < 4.78 is 40.1. The number of halogens is 2. The van der Waals surface area contributed by atoms with E-state index in [1.54, 1.807) is 24.3 Å². The van der Waals surface area contributed by atoms with Gasteiger partial charge in [0.15, 0.2) is 0 Å². The van der Waals surface area contributed by atoms with Crippen molar-refractivity contribution in [2.75, 3.05) is 6.61 Å². The molecule has 0 saturated carbocycles. The van der Waals surface area contributed by atoms with Gasteiger partial charge in [-0.15, -0.1) is 0 Å². The molecular weight excluding hydrogens is 396 g/mol. The smallest absolute Gasteiger partial charge is 0.326 e. The van der Waals surface area contributed by atoms with Crippen LogP contribution in [0.1, 0.15) is 36.1 Å². The minimum Gasteiger partial charge on any atom is -0.419 e. The molecule has 1 atom stereocenters. The molecule has 3 N–H and O–H groups in total. The number of carbonyl (C=O) groups excluding carboxylic acids is 2. The molecule has 158 valence electrons. The second-order valence-electron chi connectivity index (χ2n) is 6.23. The summed E-state index contributed by atoms with van der Waals surface area (Å²) in [5, 5.41) is 11.3. The van der Waals surface area contributed by atoms with Crippen molar-refractivity contribution < 1.29 is 27.8 Å². The Balaban J connectivity index is 2.49. The molecule has 0 fully saturated rings. The summed E-state index contributed by atoms with van der Waals surface area (Å²) >= 11 is 0. The van der Waals surface area contributed by atoms with Crippen LogP contribution in [0.5, 0.6) is 0 Å². The molecule has 0 radical (unpaired) electrons. The van der Waals surface area contributed by atoms with Gasteiger partial charge < -0.3 is 20.5 Å². The SMILES string of the molecule is CCO[C@@](OC(C)=O)(C(=O)NCc1ccc(C#N)cc1)c1c(F)ccc(CN)c1F. The van der Waals surface area contributed by atoms with Gasteiger partial charge in [-0.2, -0.15) is 5.26 Å². The summed E-state index contributed by atoms with van der Waals surface area (Å²) in [6.07, 6.45) is 0.